The molecule has 3 nitrogen and oxygen atoms in total. The minimum Gasteiger partial charge on any atom is -0.486 e. The molecule has 0 bridgehead atoms. The van der Waals surface area contributed by atoms with Gasteiger partial charge in [-0.15, -0.1) is 0 Å². The standard InChI is InChI=1S/C17H20BrNO2/c18-12-4-5-16-14(10-12)15(20)11-17(21-16)6-8-19(9-7-17)13-2-1-3-13/h4-5,10,13H,1-3,6-9,11H2. The van der Waals surface area contributed by atoms with Gasteiger partial charge in [-0.3, -0.25) is 4.79 Å². The summed E-state index contributed by atoms with van der Waals surface area (Å²) in [7, 11) is 0. The first kappa shape index (κ1) is 13.8. The van der Waals surface area contributed by atoms with E-state index in [9.17, 15) is 4.79 Å². The Kier molecular flexibility index (Phi) is 3.34. The minimum absolute atomic E-state index is 0.231. The lowest BCUT2D eigenvalue weighted by Crippen LogP contribution is -2.54. The topological polar surface area (TPSA) is 29.5 Å². The second-order valence-corrected chi connectivity index (χ2v) is 7.56. The fraction of sp³-hybridized carbons (Fsp3) is 0.588. The highest BCUT2D eigenvalue weighted by molar-refractivity contribution is 9.10. The molecule has 1 aromatic rings. The number of Topliss-reactive ketones (excluding diaryl/α,β-unsaturated/α-hetero) is 1. The quantitative estimate of drug-likeness (QED) is 0.772. The number of piperidine rings is 1. The molecule has 3 aliphatic rings. The summed E-state index contributed by atoms with van der Waals surface area (Å²) in [6.45, 7) is 2.15. The fourth-order valence-electron chi connectivity index (χ4n) is 3.79. The van der Waals surface area contributed by atoms with Gasteiger partial charge in [-0.1, -0.05) is 22.4 Å². The summed E-state index contributed by atoms with van der Waals surface area (Å²) < 4.78 is 7.24. The number of benzene rings is 1. The van der Waals surface area contributed by atoms with Gasteiger partial charge >= 0.3 is 0 Å². The Balaban J connectivity index is 1.52. The van der Waals surface area contributed by atoms with E-state index in [4.69, 9.17) is 4.74 Å². The highest BCUT2D eigenvalue weighted by atomic mass is 79.9. The Labute approximate surface area is 133 Å². The van der Waals surface area contributed by atoms with Crippen molar-refractivity contribution in [2.75, 3.05) is 13.1 Å². The number of rotatable bonds is 1. The van der Waals surface area contributed by atoms with Crippen LogP contribution in [0.5, 0.6) is 5.75 Å². The van der Waals surface area contributed by atoms with Crippen LogP contribution in [-0.2, 0) is 0 Å². The van der Waals surface area contributed by atoms with Crippen LogP contribution in [-0.4, -0.2) is 35.4 Å². The molecule has 1 aliphatic carbocycles. The number of carbonyl (C=O) groups is 1. The molecule has 0 unspecified atom stereocenters. The van der Waals surface area contributed by atoms with Crippen LogP contribution < -0.4 is 4.74 Å². The average molecular weight is 350 g/mol. The van der Waals surface area contributed by atoms with Crippen LogP contribution in [0.15, 0.2) is 22.7 Å². The van der Waals surface area contributed by atoms with E-state index < -0.39 is 0 Å². The van der Waals surface area contributed by atoms with Crippen molar-refractivity contribution in [1.82, 2.24) is 4.90 Å². The average Bonchev–Trinajstić information content (AvgIpc) is 2.41. The third-order valence-corrected chi connectivity index (χ3v) is 5.84. The van der Waals surface area contributed by atoms with Crippen molar-refractivity contribution in [3.8, 4) is 5.75 Å². The van der Waals surface area contributed by atoms with Gasteiger partial charge in [-0.25, -0.2) is 0 Å². The normalized spacial score (nSPS) is 25.3. The van der Waals surface area contributed by atoms with E-state index >= 15 is 0 Å². The van der Waals surface area contributed by atoms with E-state index in [1.807, 2.05) is 18.2 Å². The van der Waals surface area contributed by atoms with Crippen LogP contribution in [0.3, 0.4) is 0 Å². The van der Waals surface area contributed by atoms with Crippen LogP contribution in [0.1, 0.15) is 48.9 Å². The van der Waals surface area contributed by atoms with Crippen LogP contribution in [0.4, 0.5) is 0 Å². The maximum absolute atomic E-state index is 12.5. The molecule has 2 heterocycles. The van der Waals surface area contributed by atoms with E-state index in [-0.39, 0.29) is 11.4 Å². The predicted octanol–water partition coefficient (Wildman–Crippen LogP) is 3.80. The lowest BCUT2D eigenvalue weighted by atomic mass is 9.80. The highest BCUT2D eigenvalue weighted by Gasteiger charge is 2.44. The van der Waals surface area contributed by atoms with Gasteiger partial charge in [-0.2, -0.15) is 0 Å². The monoisotopic (exact) mass is 349 g/mol. The summed E-state index contributed by atoms with van der Waals surface area (Å²) in [5.74, 6) is 1.00. The molecular formula is C17H20BrNO2. The molecule has 2 aliphatic heterocycles. The molecule has 0 N–H and O–H groups in total. The van der Waals surface area contributed by atoms with Crippen molar-refractivity contribution >= 4 is 21.7 Å². The molecule has 1 spiro atoms. The van der Waals surface area contributed by atoms with E-state index in [1.165, 1.54) is 19.3 Å². The number of hydrogen-bond donors (Lipinski definition) is 0. The van der Waals surface area contributed by atoms with Gasteiger partial charge in [0.1, 0.15) is 11.4 Å². The first-order valence-electron chi connectivity index (χ1n) is 7.91. The van der Waals surface area contributed by atoms with Gasteiger partial charge < -0.3 is 9.64 Å². The molecule has 0 atom stereocenters. The predicted molar refractivity (Wildman–Crippen MR) is 84.9 cm³/mol. The molecule has 0 aromatic heterocycles. The number of ether oxygens (including phenoxy) is 1. The highest BCUT2D eigenvalue weighted by Crippen LogP contribution is 2.41. The van der Waals surface area contributed by atoms with Crippen molar-refractivity contribution in [3.05, 3.63) is 28.2 Å². The summed E-state index contributed by atoms with van der Waals surface area (Å²) in [5, 5.41) is 0. The summed E-state index contributed by atoms with van der Waals surface area (Å²) in [5.41, 5.74) is 0.481. The van der Waals surface area contributed by atoms with Crippen molar-refractivity contribution in [3.63, 3.8) is 0 Å². The lowest BCUT2D eigenvalue weighted by Gasteiger charge is -2.47. The number of ketones is 1. The van der Waals surface area contributed by atoms with Gasteiger partial charge in [-0.05, 0) is 31.0 Å². The molecule has 21 heavy (non-hydrogen) atoms. The number of fused-ring (bicyclic) bond motifs is 1. The van der Waals surface area contributed by atoms with Gasteiger partial charge in [0.25, 0.3) is 0 Å². The molecule has 0 amide bonds. The summed E-state index contributed by atoms with van der Waals surface area (Å²) >= 11 is 3.43. The summed E-state index contributed by atoms with van der Waals surface area (Å²) in [6, 6.07) is 6.56. The molecule has 4 rings (SSSR count). The molecule has 1 saturated carbocycles. The molecular weight excluding hydrogens is 330 g/mol. The third kappa shape index (κ3) is 2.42. The number of halogens is 1. The van der Waals surface area contributed by atoms with Crippen molar-refractivity contribution in [2.45, 2.75) is 50.2 Å². The second-order valence-electron chi connectivity index (χ2n) is 6.65. The fourth-order valence-corrected chi connectivity index (χ4v) is 4.15. The second kappa shape index (κ2) is 5.10. The maximum Gasteiger partial charge on any atom is 0.170 e. The van der Waals surface area contributed by atoms with E-state index in [1.54, 1.807) is 0 Å². The number of carbonyl (C=O) groups excluding carboxylic acids is 1. The zero-order chi connectivity index (χ0) is 14.4. The first-order chi connectivity index (χ1) is 10.2. The number of likely N-dealkylation sites (tertiary alicyclic amines) is 1. The number of hydrogen-bond acceptors (Lipinski definition) is 3. The zero-order valence-corrected chi connectivity index (χ0v) is 13.7. The Morgan fingerprint density at radius 1 is 1.24 bits per heavy atom. The van der Waals surface area contributed by atoms with E-state index in [2.05, 4.69) is 20.8 Å². The lowest BCUT2D eigenvalue weighted by molar-refractivity contribution is -0.0278. The smallest absolute Gasteiger partial charge is 0.170 e. The van der Waals surface area contributed by atoms with Crippen molar-refractivity contribution in [1.29, 1.82) is 0 Å². The third-order valence-electron chi connectivity index (χ3n) is 5.35. The Bertz CT molecular complexity index is 574. The Morgan fingerprint density at radius 2 is 2.00 bits per heavy atom. The Morgan fingerprint density at radius 3 is 2.67 bits per heavy atom. The van der Waals surface area contributed by atoms with Crippen LogP contribution in [0, 0.1) is 0 Å². The summed E-state index contributed by atoms with van der Waals surface area (Å²) in [4.78, 5) is 15.1. The molecule has 2 fully saturated rings. The molecule has 112 valence electrons. The van der Waals surface area contributed by atoms with Crippen molar-refractivity contribution < 1.29 is 9.53 Å². The van der Waals surface area contributed by atoms with Crippen LogP contribution >= 0.6 is 15.9 Å². The van der Waals surface area contributed by atoms with Gasteiger partial charge in [0.05, 0.1) is 12.0 Å². The molecule has 4 heteroatoms. The van der Waals surface area contributed by atoms with Crippen molar-refractivity contribution in [2.24, 2.45) is 0 Å². The first-order valence-corrected chi connectivity index (χ1v) is 8.70. The minimum atomic E-state index is -0.252. The van der Waals surface area contributed by atoms with E-state index in [0.717, 1.165) is 47.8 Å². The largest absolute Gasteiger partial charge is 0.486 e. The van der Waals surface area contributed by atoms with Crippen LogP contribution in [0.25, 0.3) is 0 Å². The van der Waals surface area contributed by atoms with E-state index in [0.29, 0.717) is 6.42 Å². The molecule has 1 aromatic carbocycles. The molecule has 1 saturated heterocycles. The zero-order valence-electron chi connectivity index (χ0n) is 12.1. The Hall–Kier alpha value is -0.870. The van der Waals surface area contributed by atoms with Gasteiger partial charge in [0, 0.05) is 36.4 Å². The molecule has 0 radical (unpaired) electrons. The van der Waals surface area contributed by atoms with Gasteiger partial charge in [0.15, 0.2) is 5.78 Å². The van der Waals surface area contributed by atoms with Crippen LogP contribution in [0.2, 0.25) is 0 Å². The maximum atomic E-state index is 12.5. The SMILES string of the molecule is O=C1CC2(CCN(C3CCC3)CC2)Oc2ccc(Br)cc21. The number of nitrogens with zero attached hydrogens (tertiary/aromatic N) is 1. The van der Waals surface area contributed by atoms with Gasteiger partial charge in [0.2, 0.25) is 0 Å². The summed E-state index contributed by atoms with van der Waals surface area (Å²) in [6.07, 6.45) is 6.57.